The van der Waals surface area contributed by atoms with E-state index in [1.807, 2.05) is 23.5 Å². The van der Waals surface area contributed by atoms with Gasteiger partial charge < -0.3 is 24.3 Å². The highest BCUT2D eigenvalue weighted by Crippen LogP contribution is 2.15. The molecule has 1 N–H and O–H groups in total. The van der Waals surface area contributed by atoms with E-state index in [1.54, 1.807) is 0 Å². The maximum absolute atomic E-state index is 5.07. The average molecular weight is 578 g/mol. The second-order valence-corrected chi connectivity index (χ2v) is 12.9. The van der Waals surface area contributed by atoms with Crippen LogP contribution < -0.4 is 5.32 Å². The maximum Gasteiger partial charge on any atom is 0.0701 e. The van der Waals surface area contributed by atoms with Crippen molar-refractivity contribution in [2.24, 2.45) is 0 Å². The van der Waals surface area contributed by atoms with Gasteiger partial charge in [0.05, 0.1) is 13.2 Å². The number of hydrogen-bond donors (Lipinski definition) is 1. The SMILES string of the molecule is C1CC1.C1CCC1.C1CCNCC1.C1CCOC1.C1CCOCC1.C1CO1.C1COC1.C1CS1.C1CSC1. The molecule has 0 spiro atoms. The molecule has 0 aromatic heterocycles. The third kappa shape index (κ3) is 43.5. The van der Waals surface area contributed by atoms with Gasteiger partial charge in [-0.15, -0.1) is 0 Å². The molecule has 2 saturated carbocycles. The first kappa shape index (κ1) is 36.5. The first-order valence-corrected chi connectivity index (χ1v) is 18.5. The fraction of sp³-hybridized carbons (Fsp3) is 1.00. The van der Waals surface area contributed by atoms with Gasteiger partial charge in [0, 0.05) is 51.1 Å². The molecule has 0 aromatic carbocycles. The van der Waals surface area contributed by atoms with Crippen LogP contribution in [0.25, 0.3) is 0 Å². The summed E-state index contributed by atoms with van der Waals surface area (Å²) in [5.41, 5.74) is 0. The van der Waals surface area contributed by atoms with Crippen LogP contribution in [0.5, 0.6) is 0 Å². The highest BCUT2D eigenvalue weighted by molar-refractivity contribution is 8.06. The van der Waals surface area contributed by atoms with E-state index in [0.29, 0.717) is 0 Å². The summed E-state index contributed by atoms with van der Waals surface area (Å²) in [6, 6.07) is 0. The molecule has 7 heteroatoms. The monoisotopic (exact) mass is 577 g/mol. The summed E-state index contributed by atoms with van der Waals surface area (Å²) in [5, 5.41) is 3.28. The number of hydrogen-bond acceptors (Lipinski definition) is 7. The van der Waals surface area contributed by atoms with Crippen molar-refractivity contribution in [1.29, 1.82) is 0 Å². The van der Waals surface area contributed by atoms with Crippen molar-refractivity contribution in [3.63, 3.8) is 0 Å². The Morgan fingerprint density at radius 1 is 0.289 bits per heavy atom. The van der Waals surface area contributed by atoms with E-state index >= 15 is 0 Å². The van der Waals surface area contributed by atoms with Crippen molar-refractivity contribution in [1.82, 2.24) is 5.32 Å². The molecule has 38 heavy (non-hydrogen) atoms. The van der Waals surface area contributed by atoms with Crippen LogP contribution in [0.4, 0.5) is 0 Å². The van der Waals surface area contributed by atoms with E-state index in [4.69, 9.17) is 14.2 Å². The van der Waals surface area contributed by atoms with Gasteiger partial charge in [0.15, 0.2) is 0 Å². The molecular formula is C31H63NO4S2. The molecule has 0 bridgehead atoms. The summed E-state index contributed by atoms with van der Waals surface area (Å²) >= 11 is 4.04. The van der Waals surface area contributed by atoms with Crippen LogP contribution in [0.2, 0.25) is 0 Å². The molecule has 7 aliphatic heterocycles. The molecule has 9 aliphatic rings. The van der Waals surface area contributed by atoms with Gasteiger partial charge in [-0.05, 0) is 82.4 Å². The Kier molecular flexibility index (Phi) is 32.4. The summed E-state index contributed by atoms with van der Waals surface area (Å²) in [6.07, 6.45) is 23.9. The van der Waals surface area contributed by atoms with Crippen molar-refractivity contribution in [3.05, 3.63) is 0 Å². The molecule has 7 saturated heterocycles. The molecule has 0 atom stereocenters. The largest absolute Gasteiger partial charge is 0.381 e. The fourth-order valence-corrected chi connectivity index (χ4v) is 2.83. The minimum Gasteiger partial charge on any atom is -0.381 e. The van der Waals surface area contributed by atoms with Crippen LogP contribution in [0.15, 0.2) is 0 Å². The zero-order valence-corrected chi connectivity index (χ0v) is 26.5. The van der Waals surface area contributed by atoms with Crippen LogP contribution in [0, 0.1) is 0 Å². The zero-order chi connectivity index (χ0) is 26.9. The third-order valence-corrected chi connectivity index (χ3v) is 7.59. The summed E-state index contributed by atoms with van der Waals surface area (Å²) in [7, 11) is 0. The van der Waals surface area contributed by atoms with Crippen molar-refractivity contribution >= 4 is 23.5 Å². The number of ether oxygens (including phenoxy) is 4. The van der Waals surface area contributed by atoms with Gasteiger partial charge in [0.2, 0.25) is 0 Å². The Bertz CT molecular complexity index is 309. The lowest BCUT2D eigenvalue weighted by atomic mass is 10.0. The lowest BCUT2D eigenvalue weighted by molar-refractivity contribution is 0.0367. The molecule has 7 heterocycles. The Morgan fingerprint density at radius 3 is 0.658 bits per heavy atom. The molecule has 0 radical (unpaired) electrons. The summed E-state index contributed by atoms with van der Waals surface area (Å²) < 4.78 is 19.2. The van der Waals surface area contributed by atoms with E-state index in [9.17, 15) is 0 Å². The number of thioether (sulfide) groups is 2. The molecule has 0 amide bonds. The Labute approximate surface area is 245 Å². The third-order valence-electron chi connectivity index (χ3n) is 6.03. The first-order valence-electron chi connectivity index (χ1n) is 16.2. The van der Waals surface area contributed by atoms with E-state index in [2.05, 4.69) is 10.1 Å². The fourth-order valence-electron chi connectivity index (χ4n) is 2.54. The second kappa shape index (κ2) is 33.7. The predicted molar refractivity (Wildman–Crippen MR) is 169 cm³/mol. The summed E-state index contributed by atoms with van der Waals surface area (Å²) in [5.74, 6) is 5.67. The highest BCUT2D eigenvalue weighted by Gasteiger charge is 1.98. The number of piperidine rings is 1. The normalized spacial score (nSPS) is 24.0. The van der Waals surface area contributed by atoms with Crippen molar-refractivity contribution in [2.75, 3.05) is 89.0 Å². The molecular weight excluding hydrogens is 514 g/mol. The van der Waals surface area contributed by atoms with Gasteiger partial charge in [-0.3, -0.25) is 0 Å². The molecule has 0 unspecified atom stereocenters. The quantitative estimate of drug-likeness (QED) is 0.295. The van der Waals surface area contributed by atoms with E-state index < -0.39 is 0 Å². The second-order valence-electron chi connectivity index (χ2n) is 10.4. The van der Waals surface area contributed by atoms with Crippen LogP contribution in [0.1, 0.15) is 109 Å². The summed E-state index contributed by atoms with van der Waals surface area (Å²) in [6.45, 7) is 10.5. The standard InChI is InChI=1S/C5H11N.C5H10O.C4H8O.C4H8.C3H6O.C3H6S.C3H6.C2H4O.C2H4S/c2*1-2-4-6-5-3-1;1-2-4-5-3-1;3*1-2-4-3-1;3*1-2-3-1/h6H,1-5H2;1-5H2;1-4H2;1-4H2;2*1-3H2;1-3H2;2*1-2H2. The van der Waals surface area contributed by atoms with Gasteiger partial charge >= 0.3 is 0 Å². The first-order chi connectivity index (χ1) is 19.0. The molecule has 5 nitrogen and oxygen atoms in total. The maximum atomic E-state index is 5.07. The topological polar surface area (TPSA) is 52.2 Å². The van der Waals surface area contributed by atoms with Crippen LogP contribution in [-0.2, 0) is 18.9 Å². The van der Waals surface area contributed by atoms with E-state index in [0.717, 1.165) is 52.9 Å². The van der Waals surface area contributed by atoms with Crippen molar-refractivity contribution in [3.8, 4) is 0 Å². The average Bonchev–Trinajstić information content (AvgIpc) is 3.71. The smallest absolute Gasteiger partial charge is 0.0701 e. The highest BCUT2D eigenvalue weighted by atomic mass is 32.2. The molecule has 9 rings (SSSR count). The van der Waals surface area contributed by atoms with Crippen LogP contribution in [0.3, 0.4) is 0 Å². The lowest BCUT2D eigenvalue weighted by Crippen LogP contribution is -2.21. The molecule has 2 aliphatic carbocycles. The van der Waals surface area contributed by atoms with Crippen LogP contribution in [-0.4, -0.2) is 89.0 Å². The van der Waals surface area contributed by atoms with Gasteiger partial charge in [0.25, 0.3) is 0 Å². The predicted octanol–water partition coefficient (Wildman–Crippen LogP) is 7.75. The van der Waals surface area contributed by atoms with E-state index in [-0.39, 0.29) is 0 Å². The molecule has 228 valence electrons. The Hall–Kier alpha value is 0.500. The van der Waals surface area contributed by atoms with Crippen LogP contribution >= 0.6 is 23.5 Å². The lowest BCUT2D eigenvalue weighted by Gasteiger charge is -2.09. The summed E-state index contributed by atoms with van der Waals surface area (Å²) in [4.78, 5) is 0. The number of nitrogens with one attached hydrogen (secondary N) is 1. The molecule has 9 fully saturated rings. The van der Waals surface area contributed by atoms with Gasteiger partial charge in [-0.1, -0.05) is 51.4 Å². The minimum absolute atomic E-state index is 1.00. The van der Waals surface area contributed by atoms with Gasteiger partial charge in [-0.25, -0.2) is 0 Å². The van der Waals surface area contributed by atoms with Crippen molar-refractivity contribution in [2.45, 2.75) is 109 Å². The Morgan fingerprint density at radius 2 is 0.579 bits per heavy atom. The zero-order valence-electron chi connectivity index (χ0n) is 24.9. The van der Waals surface area contributed by atoms with Gasteiger partial charge in [-0.2, -0.15) is 23.5 Å². The Balaban J connectivity index is 0.000000216. The molecule has 0 aromatic rings. The van der Waals surface area contributed by atoms with Crippen molar-refractivity contribution < 1.29 is 18.9 Å². The van der Waals surface area contributed by atoms with Gasteiger partial charge in [0.1, 0.15) is 0 Å². The number of rotatable bonds is 0. The number of epoxide rings is 1. The minimum atomic E-state index is 1.00. The van der Waals surface area contributed by atoms with E-state index in [1.165, 1.54) is 145 Å².